The van der Waals surface area contributed by atoms with E-state index in [2.05, 4.69) is 15.3 Å². The Kier molecular flexibility index (Phi) is 4.20. The lowest BCUT2D eigenvalue weighted by atomic mass is 10.1. The number of carboxylic acid groups (broad SMARTS) is 1. The Morgan fingerprint density at radius 1 is 1.37 bits per heavy atom. The highest BCUT2D eigenvalue weighted by molar-refractivity contribution is 5.87. The number of hydrogen-bond acceptors (Lipinski definition) is 4. The van der Waals surface area contributed by atoms with Gasteiger partial charge in [0.15, 0.2) is 0 Å². The van der Waals surface area contributed by atoms with E-state index in [0.29, 0.717) is 6.54 Å². The van der Waals surface area contributed by atoms with Gasteiger partial charge in [-0.1, -0.05) is 6.07 Å². The average Bonchev–Trinajstić information content (AvgIpc) is 2.46. The summed E-state index contributed by atoms with van der Waals surface area (Å²) in [6, 6.07) is 7.33. The predicted molar refractivity (Wildman–Crippen MR) is 70.7 cm³/mol. The smallest absolute Gasteiger partial charge is 0.337 e. The van der Waals surface area contributed by atoms with Crippen LogP contribution in [0, 0.1) is 0 Å². The first-order valence-electron chi connectivity index (χ1n) is 5.98. The molecule has 0 aromatic carbocycles. The van der Waals surface area contributed by atoms with Gasteiger partial charge in [-0.2, -0.15) is 0 Å². The van der Waals surface area contributed by atoms with E-state index in [1.54, 1.807) is 18.3 Å². The fourth-order valence-electron chi connectivity index (χ4n) is 1.66. The Balaban J connectivity index is 1.93. The number of rotatable bonds is 5. The molecule has 0 radical (unpaired) electrons. The summed E-state index contributed by atoms with van der Waals surface area (Å²) in [6.07, 6.45) is 4.93. The molecule has 2 heterocycles. The second kappa shape index (κ2) is 6.06. The van der Waals surface area contributed by atoms with Crippen LogP contribution in [0.3, 0.4) is 0 Å². The van der Waals surface area contributed by atoms with Crippen molar-refractivity contribution in [1.82, 2.24) is 15.3 Å². The van der Waals surface area contributed by atoms with E-state index in [9.17, 15) is 4.79 Å². The van der Waals surface area contributed by atoms with E-state index in [-0.39, 0.29) is 11.6 Å². The fourth-order valence-corrected chi connectivity index (χ4v) is 1.66. The van der Waals surface area contributed by atoms with Crippen molar-refractivity contribution in [3.8, 4) is 0 Å². The lowest BCUT2D eigenvalue weighted by Crippen LogP contribution is -2.19. The van der Waals surface area contributed by atoms with Gasteiger partial charge < -0.3 is 10.4 Å². The Morgan fingerprint density at radius 2 is 2.21 bits per heavy atom. The Hall–Kier alpha value is -2.27. The highest BCUT2D eigenvalue weighted by Gasteiger charge is 2.06. The Morgan fingerprint density at radius 3 is 2.79 bits per heavy atom. The van der Waals surface area contributed by atoms with Crippen molar-refractivity contribution in [3.63, 3.8) is 0 Å². The van der Waals surface area contributed by atoms with Crippen LogP contribution in [-0.4, -0.2) is 21.0 Å². The molecule has 2 rings (SSSR count). The maximum Gasteiger partial charge on any atom is 0.337 e. The summed E-state index contributed by atoms with van der Waals surface area (Å²) in [5.41, 5.74) is 2.11. The molecule has 19 heavy (non-hydrogen) atoms. The summed E-state index contributed by atoms with van der Waals surface area (Å²) < 4.78 is 0. The summed E-state index contributed by atoms with van der Waals surface area (Å²) >= 11 is 0. The SMILES string of the molecule is CC(NCc1ccc(C(=O)O)cn1)c1cccnc1. The number of aromatic carboxylic acids is 1. The van der Waals surface area contributed by atoms with Crippen LogP contribution in [0.15, 0.2) is 42.9 Å². The van der Waals surface area contributed by atoms with Crippen LogP contribution in [0.4, 0.5) is 0 Å². The van der Waals surface area contributed by atoms with Crippen LogP contribution < -0.4 is 5.32 Å². The van der Waals surface area contributed by atoms with Crippen LogP contribution in [-0.2, 0) is 6.54 Å². The topological polar surface area (TPSA) is 75.1 Å². The van der Waals surface area contributed by atoms with Gasteiger partial charge in [0.2, 0.25) is 0 Å². The zero-order chi connectivity index (χ0) is 13.7. The molecule has 5 heteroatoms. The quantitative estimate of drug-likeness (QED) is 0.857. The lowest BCUT2D eigenvalue weighted by Gasteiger charge is -2.13. The molecule has 0 aliphatic heterocycles. The van der Waals surface area contributed by atoms with Gasteiger partial charge in [0.25, 0.3) is 0 Å². The number of nitrogens with zero attached hydrogens (tertiary/aromatic N) is 2. The van der Waals surface area contributed by atoms with E-state index in [1.807, 2.05) is 25.3 Å². The molecule has 0 bridgehead atoms. The molecule has 0 fully saturated rings. The largest absolute Gasteiger partial charge is 0.478 e. The van der Waals surface area contributed by atoms with Crippen LogP contribution in [0.1, 0.15) is 34.6 Å². The van der Waals surface area contributed by atoms with E-state index in [0.717, 1.165) is 11.3 Å². The summed E-state index contributed by atoms with van der Waals surface area (Å²) in [4.78, 5) is 18.9. The van der Waals surface area contributed by atoms with Crippen molar-refractivity contribution in [1.29, 1.82) is 0 Å². The van der Waals surface area contributed by atoms with Crippen LogP contribution in [0.5, 0.6) is 0 Å². The number of carboxylic acids is 1. The molecule has 98 valence electrons. The third-order valence-electron chi connectivity index (χ3n) is 2.85. The van der Waals surface area contributed by atoms with E-state index < -0.39 is 5.97 Å². The standard InChI is InChI=1S/C14H15N3O2/c1-10(11-3-2-6-15-7-11)16-9-13-5-4-12(8-17-13)14(18)19/h2-8,10,16H,9H2,1H3,(H,18,19). The summed E-state index contributed by atoms with van der Waals surface area (Å²) in [6.45, 7) is 2.62. The molecule has 0 aliphatic rings. The maximum absolute atomic E-state index is 10.7. The summed E-state index contributed by atoms with van der Waals surface area (Å²) in [5.74, 6) is -0.962. The highest BCUT2D eigenvalue weighted by atomic mass is 16.4. The van der Waals surface area contributed by atoms with Gasteiger partial charge in [-0.25, -0.2) is 4.79 Å². The van der Waals surface area contributed by atoms with Gasteiger partial charge in [-0.3, -0.25) is 9.97 Å². The first-order chi connectivity index (χ1) is 9.16. The Bertz CT molecular complexity index is 540. The number of pyridine rings is 2. The molecule has 5 nitrogen and oxygen atoms in total. The predicted octanol–water partition coefficient (Wildman–Crippen LogP) is 2.03. The first-order valence-corrected chi connectivity index (χ1v) is 5.98. The average molecular weight is 257 g/mol. The fraction of sp³-hybridized carbons (Fsp3) is 0.214. The lowest BCUT2D eigenvalue weighted by molar-refractivity contribution is 0.0696. The number of nitrogens with one attached hydrogen (secondary N) is 1. The Labute approximate surface area is 111 Å². The zero-order valence-corrected chi connectivity index (χ0v) is 10.6. The monoisotopic (exact) mass is 257 g/mol. The zero-order valence-electron chi connectivity index (χ0n) is 10.6. The second-order valence-corrected chi connectivity index (χ2v) is 4.23. The molecular weight excluding hydrogens is 242 g/mol. The van der Waals surface area contributed by atoms with E-state index in [1.165, 1.54) is 6.20 Å². The molecule has 1 unspecified atom stereocenters. The number of carbonyl (C=O) groups is 1. The second-order valence-electron chi connectivity index (χ2n) is 4.23. The summed E-state index contributed by atoms with van der Waals surface area (Å²) in [5, 5.41) is 12.1. The van der Waals surface area contributed by atoms with Gasteiger partial charge >= 0.3 is 5.97 Å². The molecular formula is C14H15N3O2. The van der Waals surface area contributed by atoms with Crippen LogP contribution >= 0.6 is 0 Å². The number of aromatic nitrogens is 2. The van der Waals surface area contributed by atoms with Crippen molar-refractivity contribution in [2.75, 3.05) is 0 Å². The maximum atomic E-state index is 10.7. The molecule has 2 N–H and O–H groups in total. The van der Waals surface area contributed by atoms with Crippen molar-refractivity contribution >= 4 is 5.97 Å². The van der Waals surface area contributed by atoms with E-state index >= 15 is 0 Å². The van der Waals surface area contributed by atoms with Gasteiger partial charge in [0, 0.05) is 31.2 Å². The minimum absolute atomic E-state index is 0.162. The normalized spacial score (nSPS) is 12.1. The third kappa shape index (κ3) is 3.59. The van der Waals surface area contributed by atoms with Gasteiger partial charge in [0.05, 0.1) is 11.3 Å². The minimum Gasteiger partial charge on any atom is -0.478 e. The molecule has 0 saturated heterocycles. The van der Waals surface area contributed by atoms with Gasteiger partial charge in [0.1, 0.15) is 0 Å². The van der Waals surface area contributed by atoms with Crippen LogP contribution in [0.25, 0.3) is 0 Å². The molecule has 2 aromatic heterocycles. The van der Waals surface area contributed by atoms with Gasteiger partial charge in [-0.05, 0) is 30.7 Å². The van der Waals surface area contributed by atoms with Crippen LogP contribution in [0.2, 0.25) is 0 Å². The van der Waals surface area contributed by atoms with Crippen molar-refractivity contribution < 1.29 is 9.90 Å². The summed E-state index contributed by atoms with van der Waals surface area (Å²) in [7, 11) is 0. The van der Waals surface area contributed by atoms with Crippen molar-refractivity contribution in [2.45, 2.75) is 19.5 Å². The number of hydrogen-bond donors (Lipinski definition) is 2. The van der Waals surface area contributed by atoms with Crippen molar-refractivity contribution in [3.05, 3.63) is 59.7 Å². The molecule has 0 amide bonds. The van der Waals surface area contributed by atoms with Crippen molar-refractivity contribution in [2.24, 2.45) is 0 Å². The van der Waals surface area contributed by atoms with Gasteiger partial charge in [-0.15, -0.1) is 0 Å². The molecule has 1 atom stereocenters. The third-order valence-corrected chi connectivity index (χ3v) is 2.85. The molecule has 0 saturated carbocycles. The molecule has 0 spiro atoms. The molecule has 2 aromatic rings. The minimum atomic E-state index is -0.962. The highest BCUT2D eigenvalue weighted by Crippen LogP contribution is 2.10. The first kappa shape index (κ1) is 13.2. The molecule has 0 aliphatic carbocycles. The van der Waals surface area contributed by atoms with E-state index in [4.69, 9.17) is 5.11 Å².